The van der Waals surface area contributed by atoms with Gasteiger partial charge >= 0.3 is 0 Å². The smallest absolute Gasteiger partial charge is 0.223 e. The molecule has 1 aliphatic rings. The Morgan fingerprint density at radius 2 is 2.21 bits per heavy atom. The summed E-state index contributed by atoms with van der Waals surface area (Å²) in [6, 6.07) is 9.96. The fraction of sp³-hybridized carbons (Fsp3) is 0.389. The molecule has 0 saturated carbocycles. The Labute approximate surface area is 140 Å². The Balaban J connectivity index is 1.37. The van der Waals surface area contributed by atoms with E-state index in [-0.39, 0.29) is 5.91 Å². The van der Waals surface area contributed by atoms with Gasteiger partial charge in [0.25, 0.3) is 0 Å². The summed E-state index contributed by atoms with van der Waals surface area (Å²) >= 11 is 0. The monoisotopic (exact) mass is 323 g/mol. The van der Waals surface area contributed by atoms with Gasteiger partial charge in [0, 0.05) is 43.7 Å². The maximum Gasteiger partial charge on any atom is 0.223 e. The lowest BCUT2D eigenvalue weighted by Crippen LogP contribution is -2.39. The van der Waals surface area contributed by atoms with Crippen LogP contribution in [0.2, 0.25) is 0 Å². The summed E-state index contributed by atoms with van der Waals surface area (Å²) in [7, 11) is 0. The van der Waals surface area contributed by atoms with Gasteiger partial charge in [0.05, 0.1) is 11.0 Å². The average molecular weight is 323 g/mol. The van der Waals surface area contributed by atoms with Crippen LogP contribution < -0.4 is 0 Å². The SMILES string of the molecule is O=C(CCc1nc2ccccc2[nH]1)N1CCC[C@@H](c2ccn[nH]2)C1. The lowest BCUT2D eigenvalue weighted by molar-refractivity contribution is -0.132. The van der Waals surface area contributed by atoms with Gasteiger partial charge < -0.3 is 9.88 Å². The zero-order valence-electron chi connectivity index (χ0n) is 13.5. The zero-order chi connectivity index (χ0) is 16.4. The molecule has 0 unspecified atom stereocenters. The molecule has 1 saturated heterocycles. The molecule has 24 heavy (non-hydrogen) atoms. The van der Waals surface area contributed by atoms with Crippen LogP contribution in [-0.4, -0.2) is 44.1 Å². The molecule has 2 aromatic heterocycles. The summed E-state index contributed by atoms with van der Waals surface area (Å²) in [6.45, 7) is 1.63. The van der Waals surface area contributed by atoms with Crippen molar-refractivity contribution in [3.63, 3.8) is 0 Å². The van der Waals surface area contributed by atoms with E-state index in [4.69, 9.17) is 0 Å². The van der Waals surface area contributed by atoms with Crippen molar-refractivity contribution in [3.05, 3.63) is 48.0 Å². The minimum Gasteiger partial charge on any atom is -0.342 e. The van der Waals surface area contributed by atoms with Crippen LogP contribution in [0.5, 0.6) is 0 Å². The van der Waals surface area contributed by atoms with Gasteiger partial charge in [0.2, 0.25) is 5.91 Å². The number of rotatable bonds is 4. The van der Waals surface area contributed by atoms with E-state index in [9.17, 15) is 4.79 Å². The van der Waals surface area contributed by atoms with Gasteiger partial charge in [-0.25, -0.2) is 4.98 Å². The minimum absolute atomic E-state index is 0.208. The second-order valence-electron chi connectivity index (χ2n) is 6.39. The summed E-state index contributed by atoms with van der Waals surface area (Å²) in [5, 5.41) is 7.06. The number of carbonyl (C=O) groups excluding carboxylic acids is 1. The Hall–Kier alpha value is -2.63. The highest BCUT2D eigenvalue weighted by molar-refractivity contribution is 5.77. The van der Waals surface area contributed by atoms with Gasteiger partial charge in [-0.15, -0.1) is 0 Å². The number of fused-ring (bicyclic) bond motifs is 1. The number of para-hydroxylation sites is 2. The number of hydrogen-bond acceptors (Lipinski definition) is 3. The van der Waals surface area contributed by atoms with Crippen LogP contribution in [-0.2, 0) is 11.2 Å². The fourth-order valence-corrected chi connectivity index (χ4v) is 3.46. The first-order valence-corrected chi connectivity index (χ1v) is 8.50. The number of nitrogens with one attached hydrogen (secondary N) is 2. The number of piperidine rings is 1. The number of likely N-dealkylation sites (tertiary alicyclic amines) is 1. The van der Waals surface area contributed by atoms with E-state index < -0.39 is 0 Å². The van der Waals surface area contributed by atoms with Crippen molar-refractivity contribution in [2.24, 2.45) is 0 Å². The predicted molar refractivity (Wildman–Crippen MR) is 91.6 cm³/mol. The van der Waals surface area contributed by atoms with Crippen molar-refractivity contribution in [2.75, 3.05) is 13.1 Å². The second-order valence-corrected chi connectivity index (χ2v) is 6.39. The Kier molecular flexibility index (Phi) is 4.02. The van der Waals surface area contributed by atoms with Crippen molar-refractivity contribution in [2.45, 2.75) is 31.6 Å². The maximum atomic E-state index is 12.6. The van der Waals surface area contributed by atoms with Gasteiger partial charge in [-0.1, -0.05) is 12.1 Å². The number of nitrogens with zero attached hydrogens (tertiary/aromatic N) is 3. The molecular formula is C18H21N5O. The first kappa shape index (κ1) is 14.9. The fourth-order valence-electron chi connectivity index (χ4n) is 3.46. The number of amides is 1. The van der Waals surface area contributed by atoms with E-state index in [1.165, 1.54) is 0 Å². The molecule has 0 radical (unpaired) electrons. The van der Waals surface area contributed by atoms with Gasteiger partial charge in [0.1, 0.15) is 5.82 Å². The van der Waals surface area contributed by atoms with E-state index in [1.54, 1.807) is 6.20 Å². The van der Waals surface area contributed by atoms with Crippen molar-refractivity contribution in [1.29, 1.82) is 0 Å². The van der Waals surface area contributed by atoms with Crippen LogP contribution in [0.25, 0.3) is 11.0 Å². The van der Waals surface area contributed by atoms with Gasteiger partial charge in [-0.2, -0.15) is 5.10 Å². The average Bonchev–Trinajstić information content (AvgIpc) is 3.29. The highest BCUT2D eigenvalue weighted by Crippen LogP contribution is 2.25. The van der Waals surface area contributed by atoms with Crippen molar-refractivity contribution in [1.82, 2.24) is 25.1 Å². The molecule has 6 nitrogen and oxygen atoms in total. The predicted octanol–water partition coefficient (Wildman–Crippen LogP) is 2.62. The maximum absolute atomic E-state index is 12.6. The molecule has 3 aromatic rings. The molecule has 3 heterocycles. The van der Waals surface area contributed by atoms with Crippen molar-refractivity contribution < 1.29 is 4.79 Å². The van der Waals surface area contributed by atoms with E-state index in [2.05, 4.69) is 20.2 Å². The number of carbonyl (C=O) groups is 1. The number of aromatic amines is 2. The molecule has 124 valence electrons. The largest absolute Gasteiger partial charge is 0.342 e. The highest BCUT2D eigenvalue weighted by atomic mass is 16.2. The van der Waals surface area contributed by atoms with Crippen LogP contribution in [0.3, 0.4) is 0 Å². The summed E-state index contributed by atoms with van der Waals surface area (Å²) in [5.74, 6) is 1.46. The van der Waals surface area contributed by atoms with Gasteiger partial charge in [-0.05, 0) is 31.0 Å². The first-order valence-electron chi connectivity index (χ1n) is 8.50. The molecule has 2 N–H and O–H groups in total. The number of aryl methyl sites for hydroxylation is 1. The quantitative estimate of drug-likeness (QED) is 0.775. The molecule has 1 aliphatic heterocycles. The number of benzene rings is 1. The Morgan fingerprint density at radius 1 is 1.29 bits per heavy atom. The third-order valence-corrected chi connectivity index (χ3v) is 4.75. The number of imidazole rings is 1. The number of H-pyrrole nitrogens is 2. The molecule has 1 atom stereocenters. The topological polar surface area (TPSA) is 77.7 Å². The van der Waals surface area contributed by atoms with Gasteiger partial charge in [0.15, 0.2) is 0 Å². The second kappa shape index (κ2) is 6.47. The minimum atomic E-state index is 0.208. The lowest BCUT2D eigenvalue weighted by Gasteiger charge is -2.32. The third kappa shape index (κ3) is 3.04. The van der Waals surface area contributed by atoms with Crippen LogP contribution >= 0.6 is 0 Å². The standard InChI is InChI=1S/C18H21N5O/c24-18(8-7-17-20-15-5-1-2-6-16(15)21-17)23-11-3-4-13(12-23)14-9-10-19-22-14/h1-2,5-6,9-10,13H,3-4,7-8,11-12H2,(H,19,22)(H,20,21)/t13-/m1/s1. The van der Waals surface area contributed by atoms with Crippen molar-refractivity contribution >= 4 is 16.9 Å². The molecule has 0 aliphatic carbocycles. The van der Waals surface area contributed by atoms with E-state index in [0.717, 1.165) is 48.5 Å². The van der Waals surface area contributed by atoms with Crippen molar-refractivity contribution in [3.8, 4) is 0 Å². The molecule has 1 fully saturated rings. The number of aromatic nitrogens is 4. The van der Waals surface area contributed by atoms with Crippen LogP contribution in [0, 0.1) is 0 Å². The molecule has 1 amide bonds. The molecule has 6 heteroatoms. The molecule has 0 bridgehead atoms. The highest BCUT2D eigenvalue weighted by Gasteiger charge is 2.25. The van der Waals surface area contributed by atoms with E-state index >= 15 is 0 Å². The number of hydrogen-bond donors (Lipinski definition) is 2. The molecule has 1 aromatic carbocycles. The van der Waals surface area contributed by atoms with E-state index in [0.29, 0.717) is 18.8 Å². The molecule has 4 rings (SSSR count). The van der Waals surface area contributed by atoms with Crippen LogP contribution in [0.4, 0.5) is 0 Å². The van der Waals surface area contributed by atoms with Crippen LogP contribution in [0.1, 0.15) is 36.7 Å². The Bertz CT molecular complexity index is 790. The molecular weight excluding hydrogens is 302 g/mol. The summed E-state index contributed by atoms with van der Waals surface area (Å²) < 4.78 is 0. The van der Waals surface area contributed by atoms with Gasteiger partial charge in [-0.3, -0.25) is 9.89 Å². The zero-order valence-corrected chi connectivity index (χ0v) is 13.5. The van der Waals surface area contributed by atoms with E-state index in [1.807, 2.05) is 35.2 Å². The Morgan fingerprint density at radius 3 is 3.04 bits per heavy atom. The van der Waals surface area contributed by atoms with Crippen LogP contribution in [0.15, 0.2) is 36.5 Å². The normalized spacial score (nSPS) is 18.2. The first-order chi connectivity index (χ1) is 11.8. The summed E-state index contributed by atoms with van der Waals surface area (Å²) in [6.07, 6.45) is 5.07. The summed E-state index contributed by atoms with van der Waals surface area (Å²) in [5.41, 5.74) is 3.11. The summed E-state index contributed by atoms with van der Waals surface area (Å²) in [4.78, 5) is 22.4. The lowest BCUT2D eigenvalue weighted by atomic mass is 9.94. The third-order valence-electron chi connectivity index (χ3n) is 4.75. The molecule has 0 spiro atoms.